The second-order valence-electron chi connectivity index (χ2n) is 15.3. The van der Waals surface area contributed by atoms with Crippen LogP contribution in [-0.2, 0) is 0 Å². The van der Waals surface area contributed by atoms with Gasteiger partial charge >= 0.3 is 0 Å². The molecule has 0 spiro atoms. The third-order valence-corrected chi connectivity index (χ3v) is 12.0. The first-order chi connectivity index (χ1) is 29.2. The van der Waals surface area contributed by atoms with Crippen molar-refractivity contribution in [1.82, 2.24) is 4.57 Å². The van der Waals surface area contributed by atoms with Crippen LogP contribution in [0.15, 0.2) is 223 Å². The lowest BCUT2D eigenvalue weighted by atomic mass is 9.98. The molecule has 10 aromatic carbocycles. The SMILES string of the molecule is c1ccc(-c2ccc(N(c3ccc(-c4ccc5c(c4)c4ccccc4n5-c4ccccc4)cc3)c3ccc4c(ccc5ccc6c7ccccc7oc6c54)c3)cc2)cc1. The van der Waals surface area contributed by atoms with Crippen LogP contribution in [0.1, 0.15) is 0 Å². The second kappa shape index (κ2) is 13.4. The van der Waals surface area contributed by atoms with Crippen LogP contribution in [0.3, 0.4) is 0 Å². The second-order valence-corrected chi connectivity index (χ2v) is 15.3. The quantitative estimate of drug-likeness (QED) is 0.158. The Kier molecular flexibility index (Phi) is 7.54. The normalized spacial score (nSPS) is 11.7. The maximum Gasteiger partial charge on any atom is 0.143 e. The molecule has 2 heterocycles. The van der Waals surface area contributed by atoms with E-state index in [4.69, 9.17) is 4.42 Å². The van der Waals surface area contributed by atoms with Crippen molar-refractivity contribution in [3.05, 3.63) is 218 Å². The topological polar surface area (TPSA) is 21.3 Å². The Hall–Kier alpha value is -7.88. The van der Waals surface area contributed by atoms with Crippen LogP contribution in [-0.4, -0.2) is 4.57 Å². The minimum Gasteiger partial charge on any atom is -0.455 e. The van der Waals surface area contributed by atoms with Gasteiger partial charge in [-0.05, 0) is 117 Å². The van der Waals surface area contributed by atoms with Crippen molar-refractivity contribution in [2.75, 3.05) is 4.90 Å². The Morgan fingerprint density at radius 2 is 0.898 bits per heavy atom. The first kappa shape index (κ1) is 33.3. The minimum absolute atomic E-state index is 0.913. The van der Waals surface area contributed by atoms with E-state index in [2.05, 4.69) is 222 Å². The van der Waals surface area contributed by atoms with Gasteiger partial charge in [0.15, 0.2) is 0 Å². The van der Waals surface area contributed by atoms with E-state index in [-0.39, 0.29) is 0 Å². The summed E-state index contributed by atoms with van der Waals surface area (Å²) in [5.41, 5.74) is 13.4. The monoisotopic (exact) mass is 752 g/mol. The summed E-state index contributed by atoms with van der Waals surface area (Å²) in [4.78, 5) is 2.36. The molecule has 0 atom stereocenters. The van der Waals surface area contributed by atoms with Crippen molar-refractivity contribution in [3.8, 4) is 27.9 Å². The predicted octanol–water partition coefficient (Wildman–Crippen LogP) is 15.8. The largest absolute Gasteiger partial charge is 0.455 e. The maximum absolute atomic E-state index is 6.54. The molecule has 276 valence electrons. The molecule has 0 aliphatic rings. The first-order valence-electron chi connectivity index (χ1n) is 20.2. The van der Waals surface area contributed by atoms with Gasteiger partial charge in [0.05, 0.1) is 11.0 Å². The Morgan fingerprint density at radius 3 is 1.68 bits per heavy atom. The van der Waals surface area contributed by atoms with Gasteiger partial charge in [-0.2, -0.15) is 0 Å². The molecule has 12 rings (SSSR count). The van der Waals surface area contributed by atoms with Gasteiger partial charge in [-0.15, -0.1) is 0 Å². The van der Waals surface area contributed by atoms with Crippen molar-refractivity contribution in [2.24, 2.45) is 0 Å². The Labute approximate surface area is 341 Å². The third kappa shape index (κ3) is 5.44. The van der Waals surface area contributed by atoms with Gasteiger partial charge in [0.1, 0.15) is 11.2 Å². The van der Waals surface area contributed by atoms with Crippen LogP contribution < -0.4 is 4.90 Å². The van der Waals surface area contributed by atoms with Crippen LogP contribution >= 0.6 is 0 Å². The zero-order chi connectivity index (χ0) is 38.9. The number of para-hydroxylation sites is 3. The van der Waals surface area contributed by atoms with Gasteiger partial charge in [0, 0.05) is 49.7 Å². The van der Waals surface area contributed by atoms with Gasteiger partial charge in [0.2, 0.25) is 0 Å². The van der Waals surface area contributed by atoms with Crippen LogP contribution in [0.4, 0.5) is 17.1 Å². The lowest BCUT2D eigenvalue weighted by molar-refractivity contribution is 0.673. The fourth-order valence-electron chi connectivity index (χ4n) is 9.15. The molecule has 0 amide bonds. The Balaban J connectivity index is 0.979. The van der Waals surface area contributed by atoms with Crippen LogP contribution in [0, 0.1) is 0 Å². The molecule has 2 aromatic heterocycles. The summed E-state index contributed by atoms with van der Waals surface area (Å²) < 4.78 is 8.91. The highest BCUT2D eigenvalue weighted by atomic mass is 16.3. The molecular formula is C56H36N2O. The summed E-state index contributed by atoms with van der Waals surface area (Å²) in [5, 5.41) is 9.44. The number of nitrogens with zero attached hydrogens (tertiary/aromatic N) is 2. The predicted molar refractivity (Wildman–Crippen MR) is 249 cm³/mol. The number of hydrogen-bond donors (Lipinski definition) is 0. The van der Waals surface area contributed by atoms with E-state index in [0.29, 0.717) is 0 Å². The van der Waals surface area contributed by atoms with Gasteiger partial charge < -0.3 is 13.9 Å². The van der Waals surface area contributed by atoms with E-state index in [1.807, 2.05) is 6.07 Å². The van der Waals surface area contributed by atoms with E-state index in [1.165, 1.54) is 54.8 Å². The number of rotatable bonds is 6. The van der Waals surface area contributed by atoms with Crippen LogP contribution in [0.2, 0.25) is 0 Å². The molecule has 3 heteroatoms. The van der Waals surface area contributed by atoms with Gasteiger partial charge in [-0.1, -0.05) is 140 Å². The van der Waals surface area contributed by atoms with E-state index in [1.54, 1.807) is 0 Å². The molecule has 0 aliphatic heterocycles. The van der Waals surface area contributed by atoms with E-state index in [9.17, 15) is 0 Å². The summed E-state index contributed by atoms with van der Waals surface area (Å²) >= 11 is 0. The third-order valence-electron chi connectivity index (χ3n) is 12.0. The number of furan rings is 1. The highest BCUT2D eigenvalue weighted by molar-refractivity contribution is 6.23. The molecule has 12 aromatic rings. The van der Waals surface area contributed by atoms with Crippen molar-refractivity contribution in [2.45, 2.75) is 0 Å². The number of fused-ring (bicyclic) bond motifs is 10. The fourth-order valence-corrected chi connectivity index (χ4v) is 9.15. The lowest BCUT2D eigenvalue weighted by Crippen LogP contribution is -2.09. The zero-order valence-electron chi connectivity index (χ0n) is 32.1. The number of benzene rings is 10. The standard InChI is InChI=1S/C56H36N2O/c1-3-11-37(12-4-1)38-21-27-44(28-22-38)57(46-31-33-47-42(35-46)20-19-40-25-32-50-49-16-8-10-18-54(49)59-56(50)55(40)47)45-29-23-39(24-30-45)41-26-34-53-51(36-41)48-15-7-9-17-52(48)58(53)43-13-5-2-6-14-43/h1-36H. The molecule has 0 fully saturated rings. The van der Waals surface area contributed by atoms with Crippen molar-refractivity contribution in [1.29, 1.82) is 0 Å². The summed E-state index contributed by atoms with van der Waals surface area (Å²) in [5.74, 6) is 0. The molecule has 0 N–H and O–H groups in total. The van der Waals surface area contributed by atoms with Crippen molar-refractivity contribution >= 4 is 82.4 Å². The molecule has 59 heavy (non-hydrogen) atoms. The average Bonchev–Trinajstić information content (AvgIpc) is 3.86. The zero-order valence-corrected chi connectivity index (χ0v) is 32.1. The molecule has 0 bridgehead atoms. The first-order valence-corrected chi connectivity index (χ1v) is 20.2. The van der Waals surface area contributed by atoms with Crippen LogP contribution in [0.25, 0.3) is 93.2 Å². The van der Waals surface area contributed by atoms with E-state index >= 15 is 0 Å². The minimum atomic E-state index is 0.913. The molecule has 0 saturated carbocycles. The van der Waals surface area contributed by atoms with Gasteiger partial charge in [-0.3, -0.25) is 0 Å². The Bertz CT molecular complexity index is 3530. The average molecular weight is 753 g/mol. The van der Waals surface area contributed by atoms with Crippen molar-refractivity contribution in [3.63, 3.8) is 0 Å². The van der Waals surface area contributed by atoms with Crippen LogP contribution in [0.5, 0.6) is 0 Å². The lowest BCUT2D eigenvalue weighted by Gasteiger charge is -2.26. The highest BCUT2D eigenvalue weighted by Gasteiger charge is 2.18. The number of aromatic nitrogens is 1. The van der Waals surface area contributed by atoms with Gasteiger partial charge in [0.25, 0.3) is 0 Å². The number of hydrogen-bond acceptors (Lipinski definition) is 2. The summed E-state index contributed by atoms with van der Waals surface area (Å²) in [7, 11) is 0. The smallest absolute Gasteiger partial charge is 0.143 e. The Morgan fingerprint density at radius 1 is 0.339 bits per heavy atom. The summed E-state index contributed by atoms with van der Waals surface area (Å²) in [6.45, 7) is 0. The summed E-state index contributed by atoms with van der Waals surface area (Å²) in [6.07, 6.45) is 0. The maximum atomic E-state index is 6.54. The molecule has 0 radical (unpaired) electrons. The molecule has 0 saturated heterocycles. The molecule has 0 unspecified atom stereocenters. The van der Waals surface area contributed by atoms with Gasteiger partial charge in [-0.25, -0.2) is 0 Å². The number of anilines is 3. The molecule has 3 nitrogen and oxygen atoms in total. The fraction of sp³-hybridized carbons (Fsp3) is 0. The van der Waals surface area contributed by atoms with E-state index < -0.39 is 0 Å². The summed E-state index contributed by atoms with van der Waals surface area (Å²) in [6, 6.07) is 78.7. The van der Waals surface area contributed by atoms with E-state index in [0.717, 1.165) is 55.5 Å². The van der Waals surface area contributed by atoms with Crippen molar-refractivity contribution < 1.29 is 4.42 Å². The molecular weight excluding hydrogens is 717 g/mol. The molecule has 0 aliphatic carbocycles. The highest BCUT2D eigenvalue weighted by Crippen LogP contribution is 2.42.